The Bertz CT molecular complexity index is 1190. The summed E-state index contributed by atoms with van der Waals surface area (Å²) in [5.74, 6) is 0.929. The molecule has 2 saturated heterocycles. The maximum Gasteiger partial charge on any atom is 0.282 e. The molecule has 202 valence electrons. The van der Waals surface area contributed by atoms with Crippen LogP contribution in [0.3, 0.4) is 0 Å². The van der Waals surface area contributed by atoms with Crippen molar-refractivity contribution in [3.05, 3.63) is 53.4 Å². The van der Waals surface area contributed by atoms with Gasteiger partial charge in [-0.2, -0.15) is 17.0 Å². The number of carbonyl (C=O) groups is 1. The predicted octanol–water partition coefficient (Wildman–Crippen LogP) is 3.37. The van der Waals surface area contributed by atoms with Crippen LogP contribution in [0.4, 0.5) is 0 Å². The van der Waals surface area contributed by atoms with E-state index in [0.717, 1.165) is 31.4 Å². The van der Waals surface area contributed by atoms with E-state index in [9.17, 15) is 13.2 Å². The second-order valence-electron chi connectivity index (χ2n) is 11.4. The van der Waals surface area contributed by atoms with E-state index in [1.165, 1.54) is 5.56 Å². The van der Waals surface area contributed by atoms with Crippen molar-refractivity contribution in [2.45, 2.75) is 88.9 Å². The maximum absolute atomic E-state index is 13.5. The minimum Gasteiger partial charge on any atom is -0.360 e. The number of aromatic nitrogens is 1. The standard InChI is InChI=1S/C27H39N5O4S/c1-19-17-23(28-26(33)24-18-25(36-30-24)20-9-10-20)13-16-32(19)37(34,35)31-14-11-22(12-15-31)29-27(2,3)21-7-5-4-6-8-21/h4-8,18-20,22-23,29H,9-17H2,1-3H3,(H,28,33)/t19-,23-/m0/s1. The highest BCUT2D eigenvalue weighted by molar-refractivity contribution is 7.86. The highest BCUT2D eigenvalue weighted by Crippen LogP contribution is 2.40. The molecule has 0 spiro atoms. The van der Waals surface area contributed by atoms with Crippen LogP contribution >= 0.6 is 0 Å². The molecule has 1 saturated carbocycles. The first-order valence-corrected chi connectivity index (χ1v) is 14.9. The Morgan fingerprint density at radius 2 is 1.70 bits per heavy atom. The molecule has 3 heterocycles. The Morgan fingerprint density at radius 3 is 2.35 bits per heavy atom. The van der Waals surface area contributed by atoms with Gasteiger partial charge in [-0.25, -0.2) is 0 Å². The molecule has 2 N–H and O–H groups in total. The van der Waals surface area contributed by atoms with Gasteiger partial charge in [0.25, 0.3) is 16.1 Å². The van der Waals surface area contributed by atoms with Gasteiger partial charge < -0.3 is 15.2 Å². The van der Waals surface area contributed by atoms with E-state index in [2.05, 4.69) is 41.8 Å². The number of benzene rings is 1. The molecule has 1 aromatic carbocycles. The number of hydrogen-bond acceptors (Lipinski definition) is 6. The molecular formula is C27H39N5O4S. The van der Waals surface area contributed by atoms with E-state index >= 15 is 0 Å². The first-order chi connectivity index (χ1) is 17.6. The van der Waals surface area contributed by atoms with Crippen molar-refractivity contribution < 1.29 is 17.7 Å². The number of nitrogens with one attached hydrogen (secondary N) is 2. The topological polar surface area (TPSA) is 108 Å². The molecule has 10 heteroatoms. The lowest BCUT2D eigenvalue weighted by Crippen LogP contribution is -2.57. The summed E-state index contributed by atoms with van der Waals surface area (Å²) in [5, 5.41) is 10.7. The van der Waals surface area contributed by atoms with Gasteiger partial charge in [0.05, 0.1) is 0 Å². The van der Waals surface area contributed by atoms with Gasteiger partial charge in [0.1, 0.15) is 5.76 Å². The average Bonchev–Trinajstić information content (AvgIpc) is 3.60. The molecule has 3 fully saturated rings. The van der Waals surface area contributed by atoms with Crippen LogP contribution in [-0.2, 0) is 15.7 Å². The van der Waals surface area contributed by atoms with E-state index < -0.39 is 10.2 Å². The molecule has 0 unspecified atom stereocenters. The third-order valence-electron chi connectivity index (χ3n) is 8.03. The van der Waals surface area contributed by atoms with Crippen molar-refractivity contribution in [2.24, 2.45) is 0 Å². The first-order valence-electron chi connectivity index (χ1n) is 13.5. The van der Waals surface area contributed by atoms with Crippen LogP contribution in [0.15, 0.2) is 40.9 Å². The Morgan fingerprint density at radius 1 is 1.03 bits per heavy atom. The molecule has 0 radical (unpaired) electrons. The van der Waals surface area contributed by atoms with Crippen LogP contribution in [0.2, 0.25) is 0 Å². The number of piperidine rings is 2. The molecule has 5 rings (SSSR count). The van der Waals surface area contributed by atoms with Crippen molar-refractivity contribution in [1.29, 1.82) is 0 Å². The summed E-state index contributed by atoms with van der Waals surface area (Å²) in [7, 11) is -3.56. The normalized spacial score (nSPS) is 24.7. The minimum absolute atomic E-state index is 0.0924. The van der Waals surface area contributed by atoms with Crippen molar-refractivity contribution >= 4 is 16.1 Å². The fraction of sp³-hybridized carbons (Fsp3) is 0.630. The smallest absolute Gasteiger partial charge is 0.282 e. The van der Waals surface area contributed by atoms with Crippen molar-refractivity contribution in [1.82, 2.24) is 24.4 Å². The Labute approximate surface area is 220 Å². The summed E-state index contributed by atoms with van der Waals surface area (Å²) >= 11 is 0. The fourth-order valence-electron chi connectivity index (χ4n) is 5.67. The minimum atomic E-state index is -3.56. The zero-order valence-electron chi connectivity index (χ0n) is 22.0. The van der Waals surface area contributed by atoms with Gasteiger partial charge in [-0.15, -0.1) is 0 Å². The van der Waals surface area contributed by atoms with E-state index in [1.807, 2.05) is 25.1 Å². The number of carbonyl (C=O) groups excluding carboxylic acids is 1. The molecule has 3 aliphatic rings. The number of nitrogens with zero attached hydrogens (tertiary/aromatic N) is 3. The maximum atomic E-state index is 13.5. The predicted molar refractivity (Wildman–Crippen MR) is 141 cm³/mol. The zero-order chi connectivity index (χ0) is 26.2. The third kappa shape index (κ3) is 5.92. The van der Waals surface area contributed by atoms with Crippen LogP contribution in [0.5, 0.6) is 0 Å². The lowest BCUT2D eigenvalue weighted by Gasteiger charge is -2.42. The molecular weight excluding hydrogens is 490 g/mol. The molecule has 2 atom stereocenters. The highest BCUT2D eigenvalue weighted by Gasteiger charge is 2.40. The fourth-order valence-corrected chi connectivity index (χ4v) is 7.51. The Kier molecular flexibility index (Phi) is 7.46. The molecule has 1 amide bonds. The number of amides is 1. The summed E-state index contributed by atoms with van der Waals surface area (Å²) in [6.07, 6.45) is 4.86. The van der Waals surface area contributed by atoms with E-state index in [0.29, 0.717) is 44.1 Å². The lowest BCUT2D eigenvalue weighted by molar-refractivity contribution is 0.0903. The average molecular weight is 530 g/mol. The van der Waals surface area contributed by atoms with E-state index in [-0.39, 0.29) is 29.6 Å². The van der Waals surface area contributed by atoms with E-state index in [4.69, 9.17) is 4.52 Å². The molecule has 37 heavy (non-hydrogen) atoms. The second kappa shape index (κ2) is 10.5. The molecule has 1 aromatic heterocycles. The number of hydrogen-bond donors (Lipinski definition) is 2. The first kappa shape index (κ1) is 26.3. The van der Waals surface area contributed by atoms with Gasteiger partial charge in [0.15, 0.2) is 5.69 Å². The van der Waals surface area contributed by atoms with Crippen molar-refractivity contribution in [3.63, 3.8) is 0 Å². The lowest BCUT2D eigenvalue weighted by atomic mass is 9.92. The molecule has 9 nitrogen and oxygen atoms in total. The van der Waals surface area contributed by atoms with Gasteiger partial charge in [0.2, 0.25) is 0 Å². The van der Waals surface area contributed by atoms with Crippen LogP contribution in [0.1, 0.15) is 87.0 Å². The Hall–Kier alpha value is -2.27. The van der Waals surface area contributed by atoms with Gasteiger partial charge in [0, 0.05) is 55.3 Å². The molecule has 1 aliphatic carbocycles. The van der Waals surface area contributed by atoms with Crippen molar-refractivity contribution in [3.8, 4) is 0 Å². The van der Waals surface area contributed by atoms with Gasteiger partial charge in [-0.3, -0.25) is 4.79 Å². The largest absolute Gasteiger partial charge is 0.360 e. The van der Waals surface area contributed by atoms with Crippen LogP contribution in [-0.4, -0.2) is 65.9 Å². The van der Waals surface area contributed by atoms with E-state index in [1.54, 1.807) is 14.7 Å². The summed E-state index contributed by atoms with van der Waals surface area (Å²) in [4.78, 5) is 12.6. The summed E-state index contributed by atoms with van der Waals surface area (Å²) in [6.45, 7) is 7.66. The van der Waals surface area contributed by atoms with Crippen LogP contribution in [0, 0.1) is 0 Å². The number of rotatable bonds is 8. The SMILES string of the molecule is C[C@H]1C[C@@H](NC(=O)c2cc(C3CC3)on2)CCN1S(=O)(=O)N1CCC(NC(C)(C)c2ccccc2)CC1. The van der Waals surface area contributed by atoms with Crippen molar-refractivity contribution in [2.75, 3.05) is 19.6 Å². The summed E-state index contributed by atoms with van der Waals surface area (Å²) in [5.41, 5.74) is 1.34. The quantitative estimate of drug-likeness (QED) is 0.543. The zero-order valence-corrected chi connectivity index (χ0v) is 22.8. The summed E-state index contributed by atoms with van der Waals surface area (Å²) < 4.78 is 35.6. The highest BCUT2D eigenvalue weighted by atomic mass is 32.2. The van der Waals surface area contributed by atoms with Crippen LogP contribution in [0.25, 0.3) is 0 Å². The van der Waals surface area contributed by atoms with Gasteiger partial charge in [-0.1, -0.05) is 35.5 Å². The van der Waals surface area contributed by atoms with Crippen LogP contribution < -0.4 is 10.6 Å². The Balaban J connectivity index is 1.12. The molecule has 2 aliphatic heterocycles. The van der Waals surface area contributed by atoms with Gasteiger partial charge >= 0.3 is 0 Å². The second-order valence-corrected chi connectivity index (χ2v) is 13.2. The summed E-state index contributed by atoms with van der Waals surface area (Å²) in [6, 6.07) is 12.1. The third-order valence-corrected chi connectivity index (χ3v) is 10.2. The monoisotopic (exact) mass is 529 g/mol. The van der Waals surface area contributed by atoms with Gasteiger partial charge in [-0.05, 0) is 64.9 Å². The molecule has 2 aromatic rings. The molecule has 0 bridgehead atoms.